The van der Waals surface area contributed by atoms with Crippen molar-refractivity contribution in [3.8, 4) is 17.6 Å². The molecule has 0 saturated carbocycles. The Balaban J connectivity index is 2.68. The Bertz CT molecular complexity index is 810. The lowest BCUT2D eigenvalue weighted by atomic mass is 9.83. The Morgan fingerprint density at radius 3 is 2.58 bits per heavy atom. The second kappa shape index (κ2) is 8.50. The summed E-state index contributed by atoms with van der Waals surface area (Å²) in [7, 11) is 3.01. The molecule has 0 spiro atoms. The molecule has 138 valence electrons. The molecule has 0 aromatic heterocycles. The number of carbonyl (C=O) groups is 1. The first kappa shape index (κ1) is 19.5. The molecule has 7 nitrogen and oxygen atoms in total. The smallest absolute Gasteiger partial charge is 0.338 e. The molecule has 0 unspecified atom stereocenters. The van der Waals surface area contributed by atoms with E-state index in [2.05, 4.69) is 0 Å². The van der Waals surface area contributed by atoms with E-state index in [1.54, 1.807) is 25.1 Å². The minimum absolute atomic E-state index is 0.0918. The van der Waals surface area contributed by atoms with Gasteiger partial charge in [0.1, 0.15) is 17.4 Å². The van der Waals surface area contributed by atoms with Crippen molar-refractivity contribution < 1.29 is 23.7 Å². The quantitative estimate of drug-likeness (QED) is 0.599. The summed E-state index contributed by atoms with van der Waals surface area (Å²) in [6.45, 7) is 1.85. The molecule has 1 aromatic rings. The van der Waals surface area contributed by atoms with Crippen LogP contribution >= 0.6 is 11.6 Å². The third-order valence-electron chi connectivity index (χ3n) is 3.85. The molecule has 0 fully saturated rings. The highest BCUT2D eigenvalue weighted by Crippen LogP contribution is 2.42. The van der Waals surface area contributed by atoms with Crippen molar-refractivity contribution >= 4 is 17.6 Å². The van der Waals surface area contributed by atoms with Gasteiger partial charge in [-0.25, -0.2) is 4.79 Å². The van der Waals surface area contributed by atoms with Gasteiger partial charge in [-0.2, -0.15) is 5.26 Å². The molecule has 1 heterocycles. The Morgan fingerprint density at radius 1 is 1.35 bits per heavy atom. The standard InChI is InChI=1S/C18H19ClN2O5/c1-4-25-18(22)16-14(8-19)26-17(21)11(9-20)15(16)10-5-6-12(23-2)13(7-10)24-3/h5-7,15H,4,8,21H2,1-3H3/t15-/m0/s1. The third-order valence-corrected chi connectivity index (χ3v) is 4.10. The average Bonchev–Trinajstić information content (AvgIpc) is 2.66. The van der Waals surface area contributed by atoms with Gasteiger partial charge in [-0.05, 0) is 24.6 Å². The maximum atomic E-state index is 12.5. The van der Waals surface area contributed by atoms with Crippen LogP contribution in [-0.2, 0) is 14.3 Å². The summed E-state index contributed by atoms with van der Waals surface area (Å²) in [4.78, 5) is 12.5. The number of nitrogens with two attached hydrogens (primary N) is 1. The van der Waals surface area contributed by atoms with Gasteiger partial charge in [0.15, 0.2) is 11.5 Å². The second-order valence-electron chi connectivity index (χ2n) is 5.23. The molecule has 0 amide bonds. The molecule has 2 rings (SSSR count). The van der Waals surface area contributed by atoms with Crippen LogP contribution in [0.3, 0.4) is 0 Å². The number of alkyl halides is 1. The van der Waals surface area contributed by atoms with Crippen molar-refractivity contribution in [1.82, 2.24) is 0 Å². The summed E-state index contributed by atoms with van der Waals surface area (Å²) in [5.74, 6) is -0.500. The minimum atomic E-state index is -0.790. The number of carbonyl (C=O) groups excluding carboxylic acids is 1. The van der Waals surface area contributed by atoms with E-state index in [1.807, 2.05) is 6.07 Å². The summed E-state index contributed by atoms with van der Waals surface area (Å²) in [5, 5.41) is 9.58. The number of ether oxygens (including phenoxy) is 4. The van der Waals surface area contributed by atoms with Crippen molar-refractivity contribution in [1.29, 1.82) is 5.26 Å². The number of rotatable bonds is 6. The monoisotopic (exact) mass is 378 g/mol. The Kier molecular flexibility index (Phi) is 6.36. The van der Waals surface area contributed by atoms with Crippen LogP contribution in [0.5, 0.6) is 11.5 Å². The topological polar surface area (TPSA) is 104 Å². The van der Waals surface area contributed by atoms with Crippen molar-refractivity contribution in [2.45, 2.75) is 12.8 Å². The molecule has 1 aromatic carbocycles. The van der Waals surface area contributed by atoms with Gasteiger partial charge >= 0.3 is 5.97 Å². The molecule has 1 aliphatic heterocycles. The largest absolute Gasteiger partial charge is 0.493 e. The first-order valence-corrected chi connectivity index (χ1v) is 8.31. The molecule has 1 atom stereocenters. The van der Waals surface area contributed by atoms with Gasteiger partial charge in [0.05, 0.1) is 38.2 Å². The average molecular weight is 379 g/mol. The van der Waals surface area contributed by atoms with Gasteiger partial charge in [0.25, 0.3) is 0 Å². The molecular formula is C18H19ClN2O5. The number of esters is 1. The molecule has 8 heteroatoms. The lowest BCUT2D eigenvalue weighted by Gasteiger charge is -2.27. The van der Waals surface area contributed by atoms with E-state index < -0.39 is 11.9 Å². The van der Waals surface area contributed by atoms with E-state index in [0.29, 0.717) is 17.1 Å². The number of hydrogen-bond acceptors (Lipinski definition) is 7. The van der Waals surface area contributed by atoms with Crippen LogP contribution in [0.1, 0.15) is 18.4 Å². The van der Waals surface area contributed by atoms with Crippen LogP contribution in [0.2, 0.25) is 0 Å². The molecular weight excluding hydrogens is 360 g/mol. The van der Waals surface area contributed by atoms with Crippen LogP contribution in [0.25, 0.3) is 0 Å². The van der Waals surface area contributed by atoms with Crippen LogP contribution < -0.4 is 15.2 Å². The zero-order valence-corrected chi connectivity index (χ0v) is 15.4. The molecule has 0 saturated heterocycles. The van der Waals surface area contributed by atoms with E-state index in [9.17, 15) is 10.1 Å². The van der Waals surface area contributed by atoms with Crippen molar-refractivity contribution in [2.24, 2.45) is 5.73 Å². The van der Waals surface area contributed by atoms with Crippen LogP contribution in [0, 0.1) is 11.3 Å². The minimum Gasteiger partial charge on any atom is -0.493 e. The summed E-state index contributed by atoms with van der Waals surface area (Å²) in [5.41, 5.74) is 6.70. The molecule has 0 radical (unpaired) electrons. The highest BCUT2D eigenvalue weighted by molar-refractivity contribution is 6.19. The first-order valence-electron chi connectivity index (χ1n) is 7.77. The number of allylic oxidation sites excluding steroid dienone is 2. The molecule has 0 aliphatic carbocycles. The second-order valence-corrected chi connectivity index (χ2v) is 5.50. The van der Waals surface area contributed by atoms with Crippen molar-refractivity contribution in [3.63, 3.8) is 0 Å². The Labute approximate surface area is 156 Å². The van der Waals surface area contributed by atoms with Gasteiger partial charge in [0.2, 0.25) is 5.88 Å². The van der Waals surface area contributed by atoms with E-state index in [-0.39, 0.29) is 35.3 Å². The Morgan fingerprint density at radius 2 is 2.04 bits per heavy atom. The fourth-order valence-electron chi connectivity index (χ4n) is 2.72. The lowest BCUT2D eigenvalue weighted by molar-refractivity contribution is -0.139. The normalized spacial score (nSPS) is 16.7. The molecule has 1 aliphatic rings. The van der Waals surface area contributed by atoms with Crippen LogP contribution in [0.15, 0.2) is 41.0 Å². The summed E-state index contributed by atoms with van der Waals surface area (Å²) in [6.07, 6.45) is 0. The van der Waals surface area contributed by atoms with E-state index in [4.69, 9.17) is 36.3 Å². The first-order chi connectivity index (χ1) is 12.5. The number of halogens is 1. The predicted octanol–water partition coefficient (Wildman–Crippen LogP) is 2.57. The summed E-state index contributed by atoms with van der Waals surface area (Å²) in [6, 6.07) is 7.08. The molecule has 26 heavy (non-hydrogen) atoms. The van der Waals surface area contributed by atoms with Gasteiger partial charge in [-0.15, -0.1) is 11.6 Å². The maximum Gasteiger partial charge on any atom is 0.338 e. The predicted molar refractivity (Wildman–Crippen MR) is 94.6 cm³/mol. The maximum absolute atomic E-state index is 12.5. The van der Waals surface area contributed by atoms with Crippen LogP contribution in [0.4, 0.5) is 0 Å². The zero-order valence-electron chi connectivity index (χ0n) is 14.7. The lowest BCUT2D eigenvalue weighted by Crippen LogP contribution is -2.26. The Hall–Kier alpha value is -2.85. The number of hydrogen-bond donors (Lipinski definition) is 1. The SMILES string of the molecule is CCOC(=O)C1=C(CCl)OC(N)=C(C#N)[C@@H]1c1ccc(OC)c(OC)c1. The summed E-state index contributed by atoms with van der Waals surface area (Å²) < 4.78 is 21.1. The van der Waals surface area contributed by atoms with Crippen molar-refractivity contribution in [3.05, 3.63) is 46.6 Å². The van der Waals surface area contributed by atoms with Gasteiger partial charge < -0.3 is 24.7 Å². The number of nitrogens with zero attached hydrogens (tertiary/aromatic N) is 1. The fourth-order valence-corrected chi connectivity index (χ4v) is 2.91. The zero-order chi connectivity index (χ0) is 19.3. The van der Waals surface area contributed by atoms with Gasteiger partial charge in [0, 0.05) is 0 Å². The number of methoxy groups -OCH3 is 2. The van der Waals surface area contributed by atoms with Crippen LogP contribution in [-0.4, -0.2) is 32.7 Å². The fraction of sp³-hybridized carbons (Fsp3) is 0.333. The highest BCUT2D eigenvalue weighted by atomic mass is 35.5. The third kappa shape index (κ3) is 3.55. The number of nitriles is 1. The van der Waals surface area contributed by atoms with Crippen molar-refractivity contribution in [2.75, 3.05) is 26.7 Å². The molecule has 2 N–H and O–H groups in total. The van der Waals surface area contributed by atoms with E-state index >= 15 is 0 Å². The summed E-state index contributed by atoms with van der Waals surface area (Å²) >= 11 is 5.94. The van der Waals surface area contributed by atoms with E-state index in [1.165, 1.54) is 14.2 Å². The highest BCUT2D eigenvalue weighted by Gasteiger charge is 2.37. The van der Waals surface area contributed by atoms with E-state index in [0.717, 1.165) is 0 Å². The number of benzene rings is 1. The van der Waals surface area contributed by atoms with Gasteiger partial charge in [-0.3, -0.25) is 0 Å². The molecule has 0 bridgehead atoms. The van der Waals surface area contributed by atoms with Gasteiger partial charge in [-0.1, -0.05) is 6.07 Å².